The lowest BCUT2D eigenvalue weighted by Gasteiger charge is -2.32. The summed E-state index contributed by atoms with van der Waals surface area (Å²) in [5.74, 6) is 0. The normalized spacial score (nSPS) is 15.3. The lowest BCUT2D eigenvalue weighted by Crippen LogP contribution is -2.44. The van der Waals surface area contributed by atoms with Crippen LogP contribution < -0.4 is 43.0 Å². The molecule has 29 heteroatoms. The van der Waals surface area contributed by atoms with Crippen LogP contribution in [0.15, 0.2) is 166 Å². The first kappa shape index (κ1) is 77.8. The smallest absolute Gasteiger partial charge is 0.200 e. The van der Waals surface area contributed by atoms with E-state index in [-0.39, 0.29) is 27.8 Å². The third-order valence-electron chi connectivity index (χ3n) is 25.9. The van der Waals surface area contributed by atoms with Crippen LogP contribution in [0.2, 0.25) is 0 Å². The van der Waals surface area contributed by atoms with Gasteiger partial charge in [-0.05, 0) is 228 Å². The Kier molecular flexibility index (Phi) is 21.2. The van der Waals surface area contributed by atoms with Gasteiger partial charge in [0.05, 0.1) is 156 Å². The van der Waals surface area contributed by atoms with E-state index >= 15 is 0 Å². The average Bonchev–Trinajstić information content (AvgIpc) is 1.53. The van der Waals surface area contributed by atoms with Crippen LogP contribution in [-0.2, 0) is 0 Å². The van der Waals surface area contributed by atoms with E-state index in [2.05, 4.69) is 134 Å². The number of pyridine rings is 4. The Balaban J connectivity index is 0.000000104. The number of nitrogens with zero attached hydrogens (tertiary/aromatic N) is 17. The van der Waals surface area contributed by atoms with Crippen molar-refractivity contribution in [3.8, 4) is 0 Å². The van der Waals surface area contributed by atoms with Crippen LogP contribution in [0.5, 0.6) is 0 Å². The van der Waals surface area contributed by atoms with Gasteiger partial charge >= 0.3 is 0 Å². The summed E-state index contributed by atoms with van der Waals surface area (Å²) in [6, 6.07) is 31.9. The third kappa shape index (κ3) is 14.2. The Hall–Kier alpha value is -12.8. The van der Waals surface area contributed by atoms with Crippen molar-refractivity contribution in [2.24, 2.45) is 0 Å². The number of likely N-dealkylation sites (tertiary alicyclic amines) is 2. The number of H-pyrrole nitrogens is 4. The van der Waals surface area contributed by atoms with Crippen molar-refractivity contribution in [1.29, 1.82) is 0 Å². The first-order valence-electron chi connectivity index (χ1n) is 43.6. The maximum atomic E-state index is 13.8. The minimum atomic E-state index is 0.0249. The topological polar surface area (TPSA) is 317 Å². The van der Waals surface area contributed by atoms with Crippen LogP contribution in [0, 0.1) is 0 Å². The third-order valence-corrected chi connectivity index (χ3v) is 25.9. The number of imidazole rings is 4. The van der Waals surface area contributed by atoms with Gasteiger partial charge in [-0.25, -0.2) is 19.9 Å². The molecule has 0 bridgehead atoms. The van der Waals surface area contributed by atoms with Crippen molar-refractivity contribution in [3.63, 3.8) is 0 Å². The predicted molar refractivity (Wildman–Crippen MR) is 493 cm³/mol. The first-order chi connectivity index (χ1) is 59.9. The molecule has 622 valence electrons. The quantitative estimate of drug-likeness (QED) is 0.0218. The van der Waals surface area contributed by atoms with Gasteiger partial charge in [-0.1, -0.05) is 26.7 Å². The van der Waals surface area contributed by atoms with Crippen LogP contribution in [-0.4, -0.2) is 227 Å². The molecule has 122 heavy (non-hydrogen) atoms. The Morgan fingerprint density at radius 3 is 1.09 bits per heavy atom. The number of fused-ring (bicyclic) bond motifs is 16. The number of anilines is 4. The predicted octanol–water partition coefficient (Wildman–Crippen LogP) is 13.8. The maximum Gasteiger partial charge on any atom is 0.200 e. The molecule has 0 aliphatic carbocycles. The Morgan fingerprint density at radius 1 is 0.369 bits per heavy atom. The van der Waals surface area contributed by atoms with Gasteiger partial charge in [0.15, 0.2) is 21.7 Å². The van der Waals surface area contributed by atoms with E-state index in [4.69, 9.17) is 0 Å². The average molecular weight is 1630 g/mol. The molecular formula is C93H101N25O4. The second-order valence-electron chi connectivity index (χ2n) is 33.4. The second-order valence-corrected chi connectivity index (χ2v) is 33.4. The van der Waals surface area contributed by atoms with Crippen LogP contribution in [0.3, 0.4) is 0 Å². The van der Waals surface area contributed by atoms with Crippen LogP contribution >= 0.6 is 0 Å². The van der Waals surface area contributed by atoms with Crippen LogP contribution in [0.4, 0.5) is 22.7 Å². The molecule has 23 rings (SSSR count). The van der Waals surface area contributed by atoms with E-state index < -0.39 is 0 Å². The molecule has 3 aliphatic heterocycles. The number of aromatic amines is 4. The second kappa shape index (κ2) is 33.3. The highest BCUT2D eigenvalue weighted by atomic mass is 16.1. The molecule has 8 N–H and O–H groups in total. The molecule has 1 atom stereocenters. The molecule has 8 aromatic carbocycles. The van der Waals surface area contributed by atoms with E-state index in [1.54, 1.807) is 31.1 Å². The van der Waals surface area contributed by atoms with Crippen LogP contribution in [0.1, 0.15) is 91.4 Å². The van der Waals surface area contributed by atoms with E-state index in [1.165, 1.54) is 77.7 Å². The SMILES string of the molecule is CC(CCN1CCCCC1)Nc1ccc2ncn3c4ccc5[nH]ncc5c4c(=O)c1c23.CCN(CC)CCCNc1ccc2ncn3c4ccc5[nH]ncc5c4c(=O)c1c23.CN1CCN(CCCNc2ccc3ncn4c5ccc6[nH]ncc6c5c(=O)c2c34)CC1.O=c1c2c(NCCCCN3CCCCC3)ccc3ncn(c4ccc5[nH]ncc5c14)c32. The summed E-state index contributed by atoms with van der Waals surface area (Å²) in [5.41, 5.74) is 17.5. The molecule has 0 saturated carbocycles. The Morgan fingerprint density at radius 2 is 0.705 bits per heavy atom. The van der Waals surface area contributed by atoms with Gasteiger partial charge in [-0.15, -0.1) is 0 Å². The highest BCUT2D eigenvalue weighted by Crippen LogP contribution is 2.37. The number of hydrogen-bond donors (Lipinski definition) is 8. The summed E-state index contributed by atoms with van der Waals surface area (Å²) in [4.78, 5) is 85.4. The van der Waals surface area contributed by atoms with Crippen molar-refractivity contribution >= 4 is 176 Å². The Bertz CT molecular complexity index is 7440. The van der Waals surface area contributed by atoms with E-state index in [0.29, 0.717) is 43.1 Å². The molecule has 15 heterocycles. The molecular weight excluding hydrogens is 1530 g/mol. The zero-order valence-electron chi connectivity index (χ0n) is 69.5. The highest BCUT2D eigenvalue weighted by Gasteiger charge is 2.26. The maximum absolute atomic E-state index is 13.8. The van der Waals surface area contributed by atoms with Crippen molar-refractivity contribution in [1.82, 2.24) is 103 Å². The van der Waals surface area contributed by atoms with Gasteiger partial charge < -0.3 is 45.8 Å². The molecule has 1 unspecified atom stereocenters. The minimum absolute atomic E-state index is 0.0249. The number of nitrogens with one attached hydrogen (secondary N) is 8. The lowest BCUT2D eigenvalue weighted by molar-refractivity contribution is 0.154. The van der Waals surface area contributed by atoms with Gasteiger partial charge in [0, 0.05) is 103 Å². The van der Waals surface area contributed by atoms with Crippen molar-refractivity contribution in [2.75, 3.05) is 140 Å². The molecule has 0 amide bonds. The van der Waals surface area contributed by atoms with Crippen molar-refractivity contribution in [2.45, 2.75) is 97.4 Å². The summed E-state index contributed by atoms with van der Waals surface area (Å²) < 4.78 is 8.13. The highest BCUT2D eigenvalue weighted by molar-refractivity contribution is 6.18. The molecule has 0 spiro atoms. The van der Waals surface area contributed by atoms with Crippen molar-refractivity contribution < 1.29 is 0 Å². The molecule has 12 aromatic heterocycles. The zero-order chi connectivity index (χ0) is 82.6. The number of benzene rings is 8. The van der Waals surface area contributed by atoms with Crippen LogP contribution in [0.25, 0.3) is 153 Å². The van der Waals surface area contributed by atoms with E-state index in [0.717, 1.165) is 237 Å². The fraction of sp³-hybridized carbons (Fsp3) is 0.355. The number of piperidine rings is 2. The van der Waals surface area contributed by atoms with E-state index in [1.807, 2.05) is 134 Å². The van der Waals surface area contributed by atoms with Gasteiger partial charge in [-0.2, -0.15) is 20.4 Å². The fourth-order valence-corrected chi connectivity index (χ4v) is 19.3. The Labute approximate surface area is 699 Å². The van der Waals surface area contributed by atoms with Gasteiger partial charge in [0.2, 0.25) is 0 Å². The number of aromatic nitrogens is 16. The monoisotopic (exact) mass is 1630 g/mol. The van der Waals surface area contributed by atoms with Gasteiger partial charge in [-0.3, -0.25) is 57.2 Å². The zero-order valence-corrected chi connectivity index (χ0v) is 69.5. The summed E-state index contributed by atoms with van der Waals surface area (Å²) in [6.45, 7) is 25.0. The van der Waals surface area contributed by atoms with Gasteiger partial charge in [0.25, 0.3) is 0 Å². The first-order valence-corrected chi connectivity index (χ1v) is 43.6. The summed E-state index contributed by atoms with van der Waals surface area (Å²) in [7, 11) is 2.18. The molecule has 29 nitrogen and oxygen atoms in total. The number of piperazine rings is 1. The number of hydrogen-bond acceptors (Lipinski definition) is 21. The van der Waals surface area contributed by atoms with E-state index in [9.17, 15) is 19.2 Å². The fourth-order valence-electron chi connectivity index (χ4n) is 19.3. The molecule has 3 fully saturated rings. The summed E-state index contributed by atoms with van der Waals surface area (Å²) in [5, 5.41) is 51.6. The summed E-state index contributed by atoms with van der Waals surface area (Å²) in [6.07, 6.45) is 27.6. The largest absolute Gasteiger partial charge is 0.384 e. The molecule has 3 saturated heterocycles. The molecule has 3 aliphatic rings. The standard InChI is InChI=1S/2C24H26N6O.C23H25N7O.C22H24N6O/c1-15(9-12-29-10-3-2-4-11-29)27-18-5-6-19-23-22(18)24(31)21-16-13-26-28-17(16)7-8-20(21)30(23)14-25-19;31-24-21-16-14-27-28-17(16)8-9-20(21)30-15-26-19-7-6-18(22(24)23(19)30)25-10-2-5-13-29-11-3-1-4-12-29;1-28-9-11-29(12-10-28)8-2-7-24-17-3-4-18-22-21(17)23(31)20-15-13-26-27-16(15)5-6-19(20)30(22)14-25-18;1-3-27(4-2)11-5-10-23-16-6-7-17-21-20(16)22(29)19-14-12-25-26-15(14)8-9-18(19)28(21)13-24-17/h5-8,13-15,27H,2-4,9-12H2,1H3,(H,26,28);6-9,14-15,25H,1-5,10-13H2,(H,27,28);3-6,13-14,24H,2,7-12H2,1H3,(H,26,27);6-9,12-13,23H,3-5,10-11H2,1-2H3,(H,25,26). The van der Waals surface area contributed by atoms with Gasteiger partial charge in [0.1, 0.15) is 25.3 Å². The number of likely N-dealkylation sites (N-methyl/N-ethyl adjacent to an activating group) is 1. The summed E-state index contributed by atoms with van der Waals surface area (Å²) >= 11 is 0. The molecule has 20 aromatic rings. The lowest BCUT2D eigenvalue weighted by atomic mass is 10.0. The molecule has 0 radical (unpaired) electrons. The van der Waals surface area contributed by atoms with Crippen molar-refractivity contribution in [3.05, 3.63) is 188 Å². The number of unbranched alkanes of at least 4 members (excludes halogenated alkanes) is 1. The minimum Gasteiger partial charge on any atom is -0.384 e. The number of rotatable bonds is 23.